The minimum absolute atomic E-state index is 0.744. The quantitative estimate of drug-likeness (QED) is 0.440. The average molecular weight is 155 g/mol. The minimum atomic E-state index is 0.744. The van der Waals surface area contributed by atoms with Gasteiger partial charge in [-0.3, -0.25) is 0 Å². The Morgan fingerprint density at radius 3 is 2.64 bits per heavy atom. The lowest BCUT2D eigenvalue weighted by molar-refractivity contribution is 0.509. The van der Waals surface area contributed by atoms with Gasteiger partial charge in [-0.2, -0.15) is 0 Å². The van der Waals surface area contributed by atoms with Crippen molar-refractivity contribution in [1.29, 1.82) is 0 Å². The summed E-state index contributed by atoms with van der Waals surface area (Å²) in [7, 11) is 2.00. The molecule has 0 amide bonds. The van der Waals surface area contributed by atoms with E-state index in [-0.39, 0.29) is 0 Å². The molecule has 0 saturated heterocycles. The number of rotatable bonds is 7. The molecule has 0 fully saturated rings. The van der Waals surface area contributed by atoms with Crippen LogP contribution in [0.15, 0.2) is 12.7 Å². The molecule has 1 atom stereocenters. The highest BCUT2D eigenvalue weighted by Crippen LogP contribution is 2.13. The highest BCUT2D eigenvalue weighted by atomic mass is 14.8. The molecule has 0 aliphatic heterocycles. The fourth-order valence-corrected chi connectivity index (χ4v) is 1.29. The van der Waals surface area contributed by atoms with Gasteiger partial charge < -0.3 is 5.32 Å². The van der Waals surface area contributed by atoms with E-state index >= 15 is 0 Å². The lowest BCUT2D eigenvalue weighted by atomic mass is 9.98. The van der Waals surface area contributed by atoms with Gasteiger partial charge in [0.05, 0.1) is 0 Å². The van der Waals surface area contributed by atoms with Gasteiger partial charge >= 0.3 is 0 Å². The van der Waals surface area contributed by atoms with Crippen molar-refractivity contribution < 1.29 is 0 Å². The molecule has 11 heavy (non-hydrogen) atoms. The van der Waals surface area contributed by atoms with E-state index in [2.05, 4.69) is 24.9 Å². The van der Waals surface area contributed by atoms with Crippen molar-refractivity contribution in [2.24, 2.45) is 5.92 Å². The van der Waals surface area contributed by atoms with Crippen LogP contribution < -0.4 is 5.32 Å². The van der Waals surface area contributed by atoms with Crippen molar-refractivity contribution in [3.05, 3.63) is 12.7 Å². The monoisotopic (exact) mass is 155 g/mol. The largest absolute Gasteiger partial charge is 0.320 e. The SMILES string of the molecule is C=CC(CCC)CCCNC. The van der Waals surface area contributed by atoms with Gasteiger partial charge in [-0.1, -0.05) is 19.4 Å². The predicted molar refractivity (Wildman–Crippen MR) is 51.8 cm³/mol. The molecule has 1 nitrogen and oxygen atoms in total. The third-order valence-corrected chi connectivity index (χ3v) is 1.99. The van der Waals surface area contributed by atoms with Gasteiger partial charge in [0.2, 0.25) is 0 Å². The third-order valence-electron chi connectivity index (χ3n) is 1.99. The first-order valence-corrected chi connectivity index (χ1v) is 4.62. The Balaban J connectivity index is 3.28. The molecule has 1 heteroatoms. The van der Waals surface area contributed by atoms with E-state index in [9.17, 15) is 0 Å². The van der Waals surface area contributed by atoms with Crippen molar-refractivity contribution in [1.82, 2.24) is 5.32 Å². The molecule has 1 N–H and O–H groups in total. The number of nitrogens with one attached hydrogen (secondary N) is 1. The van der Waals surface area contributed by atoms with Gasteiger partial charge in [0.15, 0.2) is 0 Å². The number of hydrogen-bond donors (Lipinski definition) is 1. The molecule has 0 rings (SSSR count). The second-order valence-electron chi connectivity index (χ2n) is 3.03. The molecule has 66 valence electrons. The van der Waals surface area contributed by atoms with Gasteiger partial charge in [-0.15, -0.1) is 6.58 Å². The van der Waals surface area contributed by atoms with Gasteiger partial charge in [0.1, 0.15) is 0 Å². The van der Waals surface area contributed by atoms with Crippen LogP contribution in [-0.4, -0.2) is 13.6 Å². The van der Waals surface area contributed by atoms with Crippen LogP contribution in [0.3, 0.4) is 0 Å². The molecule has 0 aromatic heterocycles. The molecular weight excluding hydrogens is 134 g/mol. The fourth-order valence-electron chi connectivity index (χ4n) is 1.29. The molecular formula is C10H21N. The Morgan fingerprint density at radius 2 is 2.18 bits per heavy atom. The topological polar surface area (TPSA) is 12.0 Å². The summed E-state index contributed by atoms with van der Waals surface area (Å²) in [6.45, 7) is 7.20. The lowest BCUT2D eigenvalue weighted by Gasteiger charge is -2.09. The fraction of sp³-hybridized carbons (Fsp3) is 0.800. The minimum Gasteiger partial charge on any atom is -0.320 e. The highest BCUT2D eigenvalue weighted by Gasteiger charge is 2.00. The van der Waals surface area contributed by atoms with Crippen molar-refractivity contribution in [3.63, 3.8) is 0 Å². The van der Waals surface area contributed by atoms with Crippen LogP contribution in [0.5, 0.6) is 0 Å². The highest BCUT2D eigenvalue weighted by molar-refractivity contribution is 4.78. The lowest BCUT2D eigenvalue weighted by Crippen LogP contribution is -2.09. The van der Waals surface area contributed by atoms with Crippen LogP contribution in [0.25, 0.3) is 0 Å². The van der Waals surface area contributed by atoms with Gasteiger partial charge in [-0.05, 0) is 38.8 Å². The number of allylic oxidation sites excluding steroid dienone is 1. The first-order valence-electron chi connectivity index (χ1n) is 4.62. The third kappa shape index (κ3) is 6.11. The van der Waals surface area contributed by atoms with Crippen molar-refractivity contribution in [2.75, 3.05) is 13.6 Å². The van der Waals surface area contributed by atoms with E-state index in [0.717, 1.165) is 12.5 Å². The molecule has 0 aliphatic rings. The van der Waals surface area contributed by atoms with Gasteiger partial charge in [-0.25, -0.2) is 0 Å². The molecule has 0 aliphatic carbocycles. The van der Waals surface area contributed by atoms with Crippen LogP contribution in [0.2, 0.25) is 0 Å². The maximum absolute atomic E-state index is 3.84. The molecule has 0 spiro atoms. The summed E-state index contributed by atoms with van der Waals surface area (Å²) in [5.74, 6) is 0.744. The first-order chi connectivity index (χ1) is 5.35. The van der Waals surface area contributed by atoms with Crippen molar-refractivity contribution in [3.8, 4) is 0 Å². The molecule has 0 aromatic carbocycles. The smallest absolute Gasteiger partial charge is 0.00517 e. The summed E-state index contributed by atoms with van der Waals surface area (Å²) < 4.78 is 0. The summed E-state index contributed by atoms with van der Waals surface area (Å²) in [5.41, 5.74) is 0. The van der Waals surface area contributed by atoms with Crippen LogP contribution in [0.4, 0.5) is 0 Å². The summed E-state index contributed by atoms with van der Waals surface area (Å²) in [4.78, 5) is 0. The van der Waals surface area contributed by atoms with Gasteiger partial charge in [0.25, 0.3) is 0 Å². The Hall–Kier alpha value is -0.300. The van der Waals surface area contributed by atoms with E-state index in [1.54, 1.807) is 0 Å². The van der Waals surface area contributed by atoms with Gasteiger partial charge in [0, 0.05) is 0 Å². The average Bonchev–Trinajstić information content (AvgIpc) is 2.03. The van der Waals surface area contributed by atoms with Crippen molar-refractivity contribution in [2.45, 2.75) is 32.6 Å². The molecule has 0 bridgehead atoms. The normalized spacial score (nSPS) is 12.9. The number of hydrogen-bond acceptors (Lipinski definition) is 1. The zero-order valence-electron chi connectivity index (χ0n) is 7.90. The van der Waals surface area contributed by atoms with E-state index in [4.69, 9.17) is 0 Å². The predicted octanol–water partition coefficient (Wildman–Crippen LogP) is 2.59. The van der Waals surface area contributed by atoms with E-state index in [1.165, 1.54) is 25.7 Å². The molecule has 0 radical (unpaired) electrons. The van der Waals surface area contributed by atoms with E-state index < -0.39 is 0 Å². The Labute approximate surface area is 70.9 Å². The van der Waals surface area contributed by atoms with Crippen LogP contribution in [0.1, 0.15) is 32.6 Å². The summed E-state index contributed by atoms with van der Waals surface area (Å²) in [6, 6.07) is 0. The van der Waals surface area contributed by atoms with E-state index in [1.807, 2.05) is 7.05 Å². The Bertz CT molecular complexity index is 88.9. The van der Waals surface area contributed by atoms with Crippen LogP contribution >= 0.6 is 0 Å². The zero-order chi connectivity index (χ0) is 8.53. The molecule has 0 aromatic rings. The first kappa shape index (κ1) is 10.7. The van der Waals surface area contributed by atoms with Crippen LogP contribution in [-0.2, 0) is 0 Å². The van der Waals surface area contributed by atoms with Crippen molar-refractivity contribution >= 4 is 0 Å². The summed E-state index contributed by atoms with van der Waals surface area (Å²) in [6.07, 6.45) is 7.23. The second-order valence-corrected chi connectivity index (χ2v) is 3.03. The summed E-state index contributed by atoms with van der Waals surface area (Å²) >= 11 is 0. The standard InChI is InChI=1S/C10H21N/c1-4-7-10(5-2)8-6-9-11-3/h5,10-11H,2,4,6-9H2,1,3H3. The Morgan fingerprint density at radius 1 is 1.45 bits per heavy atom. The molecule has 0 saturated carbocycles. The van der Waals surface area contributed by atoms with E-state index in [0.29, 0.717) is 0 Å². The zero-order valence-corrected chi connectivity index (χ0v) is 7.90. The second kappa shape index (κ2) is 7.80. The molecule has 0 heterocycles. The van der Waals surface area contributed by atoms with Crippen LogP contribution in [0, 0.1) is 5.92 Å². The molecule has 1 unspecified atom stereocenters. The maximum atomic E-state index is 3.84. The Kier molecular flexibility index (Phi) is 7.59. The summed E-state index contributed by atoms with van der Waals surface area (Å²) in [5, 5.41) is 3.15. The maximum Gasteiger partial charge on any atom is -0.00517 e.